The van der Waals surface area contributed by atoms with Crippen LogP contribution in [0.1, 0.15) is 0 Å². The van der Waals surface area contributed by atoms with Gasteiger partial charge >= 0.3 is 65.4 Å². The van der Waals surface area contributed by atoms with E-state index in [1.165, 1.54) is 0 Å². The SMILES string of the molecule is O=C([O-])COC[C@H]1O[C@@H]2O[C@H]3[C@H](O)[C@@H](O)[C@H](O[C@@H]3COCC(=O)O)O[C@H]3C(O)[C@@H](O)[C@@H](O[C@H]4[C@H](O)[C@@H](O)[C@@H](O[C@H]5[C@@H](O)[C@@H](O)[C@H](O[C@@H]5COCC(=O)O)O[C@H]5C(O)[C@@H](O)[C@H](O[C@@H]5COCC(=O)O)O[C@H]5C(O)[C@@H](O)[C@H](O[C@@H]5COCC(=O)O)O[C@H]1C(O)[C@H]2O)O[C@@H]4COCC(=O)O)O[C@@H]3COCC(=O)O.[Na+]. The van der Waals surface area contributed by atoms with Crippen LogP contribution in [0.15, 0.2) is 0 Å². The van der Waals surface area contributed by atoms with Gasteiger partial charge in [0.15, 0.2) is 44.0 Å². The molecule has 21 saturated heterocycles. The summed E-state index contributed by atoms with van der Waals surface area (Å²) in [4.78, 5) is 81.7. The molecule has 0 aromatic rings. The van der Waals surface area contributed by atoms with E-state index in [0.717, 1.165) is 0 Å². The van der Waals surface area contributed by atoms with Crippen LogP contribution in [0.5, 0.6) is 0 Å². The molecule has 0 aromatic heterocycles. The Kier molecular flexibility index (Phi) is 34.4. The second kappa shape index (κ2) is 40.9. The molecular formula is C56H83NaO49. The molecule has 21 fully saturated rings. The topological polar surface area (TPSA) is 741 Å². The van der Waals surface area contributed by atoms with Crippen molar-refractivity contribution in [3.8, 4) is 0 Å². The number of aliphatic hydroxyl groups excluding tert-OH is 14. The standard InChI is InChI=1S/C56H84O49.Na/c57-22(58)8-85-1-15-43-29(71)36(78)50(92-15)100-44-16(2-86-9-23(59)60)94-52(38(80)31(44)73)102-46-18(4-88-11-25(63)64)96-54(40(82)33(46)75)104-48-20(6-90-13-27(67)68)98-56(42(84)35(48)77)105-49-21(7-91-14-28(69)70)97-55(41(83)34(49)76)103-47-19(5-89-12-26(65)66)95-53(39(81)32(47)74)101-45-17(3-87-10-24(61)62)93-51(99-43)37(79)30(45)72;/h15-21,29-56,71-84H,1-14H2,(H,57,58)(H,59,60)(H,61,62)(H,63,64)(H,65,66)(H,67,68)(H,69,70);/q;+1/p-1/t15-,16-,17-,18-,19-,20-,21-,29-,30?,31+,32-,33?,34?,35?,36-,37-,38-,39-,40-,41-,42-,43-,44-,45-,46-,47-,48-,49-,50-,51-,52-,53-,54-,55-,56-;/m1./s1. The van der Waals surface area contributed by atoms with E-state index < -0.39 is 349 Å². The molecule has 0 radical (unpaired) electrons. The summed E-state index contributed by atoms with van der Waals surface area (Å²) in [6.45, 7) is -14.9. The zero-order valence-electron chi connectivity index (χ0n) is 55.4. The van der Waals surface area contributed by atoms with Crippen molar-refractivity contribution in [2.45, 2.75) is 215 Å². The zero-order chi connectivity index (χ0) is 77.0. The first-order chi connectivity index (χ1) is 49.6. The van der Waals surface area contributed by atoms with Gasteiger partial charge in [0, 0.05) is 0 Å². The van der Waals surface area contributed by atoms with Crippen LogP contribution < -0.4 is 34.7 Å². The summed E-state index contributed by atoms with van der Waals surface area (Å²) in [5, 5.41) is 234. The van der Waals surface area contributed by atoms with E-state index in [4.69, 9.17) is 99.5 Å². The second-order valence-corrected chi connectivity index (χ2v) is 24.7. The molecule has 35 atom stereocenters. The number of carbonyl (C=O) groups excluding carboxylic acids is 1. The van der Waals surface area contributed by atoms with E-state index in [1.807, 2.05) is 0 Å². The first kappa shape index (κ1) is 89.1. The van der Waals surface area contributed by atoms with Gasteiger partial charge in [-0.2, -0.15) is 0 Å². The number of carboxylic acids is 7. The third-order valence-electron chi connectivity index (χ3n) is 17.1. The van der Waals surface area contributed by atoms with Gasteiger partial charge in [-0.25, -0.2) is 28.8 Å². The van der Waals surface area contributed by atoms with Gasteiger partial charge in [0.05, 0.1) is 58.8 Å². The number of ether oxygens (including phenoxy) is 21. The second-order valence-electron chi connectivity index (χ2n) is 24.7. The molecule has 21 rings (SSSR count). The van der Waals surface area contributed by atoms with E-state index in [2.05, 4.69) is 0 Å². The average molecular weight is 1560 g/mol. The molecule has 21 heterocycles. The summed E-state index contributed by atoms with van der Waals surface area (Å²) >= 11 is 0. The van der Waals surface area contributed by atoms with Crippen molar-refractivity contribution in [1.82, 2.24) is 0 Å². The predicted octanol–water partition coefficient (Wildman–Crippen LogP) is -18.8. The number of rotatable bonds is 28. The molecule has 0 saturated carbocycles. The molecule has 50 heteroatoms. The maximum Gasteiger partial charge on any atom is 1.00 e. The monoisotopic (exact) mass is 1560 g/mol. The molecular weight excluding hydrogens is 1480 g/mol. The first-order valence-electron chi connectivity index (χ1n) is 31.9. The van der Waals surface area contributed by atoms with Crippen LogP contribution in [0.25, 0.3) is 0 Å². The van der Waals surface area contributed by atoms with Crippen molar-refractivity contribution in [1.29, 1.82) is 0 Å². The van der Waals surface area contributed by atoms with Gasteiger partial charge in [-0.15, -0.1) is 0 Å². The van der Waals surface area contributed by atoms with Gasteiger partial charge in [0.2, 0.25) is 0 Å². The van der Waals surface area contributed by atoms with Gasteiger partial charge in [-0.1, -0.05) is 0 Å². The molecule has 0 amide bonds. The van der Waals surface area contributed by atoms with Crippen LogP contribution in [-0.4, -0.2) is 451 Å². The summed E-state index contributed by atoms with van der Waals surface area (Å²) in [6, 6.07) is 0. The van der Waals surface area contributed by atoms with Crippen LogP contribution >= 0.6 is 0 Å². The van der Waals surface area contributed by atoms with E-state index in [1.54, 1.807) is 0 Å². The van der Waals surface area contributed by atoms with E-state index in [-0.39, 0.29) is 29.6 Å². The summed E-state index contributed by atoms with van der Waals surface area (Å²) < 4.78 is 119. The van der Waals surface area contributed by atoms with Crippen molar-refractivity contribution in [3.05, 3.63) is 0 Å². The molecule has 49 nitrogen and oxygen atoms in total. The molecule has 21 aliphatic rings. The number of carbonyl (C=O) groups is 7. The van der Waals surface area contributed by atoms with Crippen LogP contribution in [0, 0.1) is 0 Å². The molecule has 106 heavy (non-hydrogen) atoms. The van der Waals surface area contributed by atoms with Gasteiger partial charge in [-0.3, -0.25) is 0 Å². The first-order valence-corrected chi connectivity index (χ1v) is 31.9. The molecule has 0 spiro atoms. The normalized spacial score (nSPS) is 43.1. The molecule has 14 bridgehead atoms. The predicted molar refractivity (Wildman–Crippen MR) is 305 cm³/mol. The summed E-state index contributed by atoms with van der Waals surface area (Å²) in [5.41, 5.74) is 0. The average Bonchev–Trinajstić information content (AvgIpc) is 0.778. The number of hydrogen-bond acceptors (Lipinski definition) is 43. The van der Waals surface area contributed by atoms with Crippen LogP contribution in [0.4, 0.5) is 0 Å². The minimum Gasteiger partial charge on any atom is -0.548 e. The molecule has 602 valence electrons. The maximum atomic E-state index is 11.9. The van der Waals surface area contributed by atoms with Crippen molar-refractivity contribution in [2.24, 2.45) is 0 Å². The Labute approximate surface area is 616 Å². The van der Waals surface area contributed by atoms with E-state index in [9.17, 15) is 141 Å². The van der Waals surface area contributed by atoms with E-state index in [0.29, 0.717) is 0 Å². The summed E-state index contributed by atoms with van der Waals surface area (Å²) in [7, 11) is 0. The molecule has 4 unspecified atom stereocenters. The summed E-state index contributed by atoms with van der Waals surface area (Å²) in [6.07, 6.45) is -79.5. The maximum absolute atomic E-state index is 11.9. The number of hydrogen-bond donors (Lipinski definition) is 20. The minimum absolute atomic E-state index is 0. The fourth-order valence-electron chi connectivity index (χ4n) is 12.2. The number of aliphatic carboxylic acids is 7. The zero-order valence-corrected chi connectivity index (χ0v) is 57.4. The Bertz CT molecular complexity index is 2310. The molecule has 20 N–H and O–H groups in total. The van der Waals surface area contributed by atoms with Crippen molar-refractivity contribution < 1.29 is 270 Å². The van der Waals surface area contributed by atoms with Crippen LogP contribution in [-0.2, 0) is 133 Å². The Hall–Kier alpha value is -4.11. The fraction of sp³-hybridized carbons (Fsp3) is 0.875. The fourth-order valence-corrected chi connectivity index (χ4v) is 12.2. The van der Waals surface area contributed by atoms with Crippen LogP contribution in [0.2, 0.25) is 0 Å². The van der Waals surface area contributed by atoms with Crippen molar-refractivity contribution >= 4 is 41.8 Å². The Morgan fingerprint density at radius 3 is 0.453 bits per heavy atom. The number of aliphatic hydroxyl groups is 14. The van der Waals surface area contributed by atoms with Crippen molar-refractivity contribution in [2.75, 3.05) is 92.5 Å². The third-order valence-corrected chi connectivity index (χ3v) is 17.1. The molecule has 0 aromatic carbocycles. The van der Waals surface area contributed by atoms with Gasteiger partial charge in [0.25, 0.3) is 0 Å². The van der Waals surface area contributed by atoms with Gasteiger partial charge in [0.1, 0.15) is 211 Å². The van der Waals surface area contributed by atoms with E-state index >= 15 is 0 Å². The van der Waals surface area contributed by atoms with Crippen molar-refractivity contribution in [3.63, 3.8) is 0 Å². The molecule has 0 aliphatic carbocycles. The Morgan fingerprint density at radius 2 is 0.340 bits per heavy atom. The smallest absolute Gasteiger partial charge is 0.548 e. The Balaban J connectivity index is 0.0000157. The number of carboxylic acid groups (broad SMARTS) is 7. The van der Waals surface area contributed by atoms with Crippen LogP contribution in [0.3, 0.4) is 0 Å². The van der Waals surface area contributed by atoms with Gasteiger partial charge in [-0.05, 0) is 0 Å². The third kappa shape index (κ3) is 23.0. The summed E-state index contributed by atoms with van der Waals surface area (Å²) in [5.74, 6) is -11.5. The Morgan fingerprint density at radius 1 is 0.217 bits per heavy atom. The minimum atomic E-state index is -2.48. The largest absolute Gasteiger partial charge is 1.00 e. The molecule has 21 aliphatic heterocycles. The quantitative estimate of drug-likeness (QED) is 0.0324. The van der Waals surface area contributed by atoms with Gasteiger partial charge < -0.3 is 212 Å².